The van der Waals surface area contributed by atoms with Crippen molar-refractivity contribution in [3.63, 3.8) is 0 Å². The molecule has 0 aliphatic rings. The van der Waals surface area contributed by atoms with E-state index in [2.05, 4.69) is 97.1 Å². The summed E-state index contributed by atoms with van der Waals surface area (Å²) in [6.45, 7) is 0. The van der Waals surface area contributed by atoms with Crippen molar-refractivity contribution in [2.75, 3.05) is 0 Å². The number of pyridine rings is 1. The maximum atomic E-state index is 5.10. The molecule has 0 aliphatic carbocycles. The fraction of sp³-hybridized carbons (Fsp3) is 0. The second-order valence-electron chi connectivity index (χ2n) is 11.1. The molecule has 8 rings (SSSR count). The van der Waals surface area contributed by atoms with Crippen molar-refractivity contribution in [3.05, 3.63) is 170 Å². The van der Waals surface area contributed by atoms with E-state index < -0.39 is 0 Å². The van der Waals surface area contributed by atoms with Gasteiger partial charge in [-0.1, -0.05) is 127 Å². The van der Waals surface area contributed by atoms with Gasteiger partial charge in [0, 0.05) is 37.4 Å². The zero-order chi connectivity index (χ0) is 30.7. The van der Waals surface area contributed by atoms with Gasteiger partial charge in [-0.15, -0.1) is 29.8 Å². The first kappa shape index (κ1) is 30.1. The number of rotatable bonds is 6. The Kier molecular flexibility index (Phi) is 8.57. The summed E-state index contributed by atoms with van der Waals surface area (Å²) in [5.41, 5.74) is 8.89. The van der Waals surface area contributed by atoms with Crippen LogP contribution in [0.1, 0.15) is 0 Å². The smallest absolute Gasteiger partial charge is 0.164 e. The minimum Gasteiger partial charge on any atom is -0.304 e. The van der Waals surface area contributed by atoms with E-state index in [0.717, 1.165) is 61.0 Å². The van der Waals surface area contributed by atoms with E-state index >= 15 is 0 Å². The second-order valence-corrected chi connectivity index (χ2v) is 11.1. The molecule has 0 unspecified atom stereocenters. The van der Waals surface area contributed by atoms with Crippen LogP contribution in [-0.2, 0) is 20.1 Å². The average Bonchev–Trinajstić information content (AvgIpc) is 3.15. The van der Waals surface area contributed by atoms with Crippen molar-refractivity contribution in [1.82, 2.24) is 19.9 Å². The third-order valence-electron chi connectivity index (χ3n) is 8.04. The molecule has 6 aromatic carbocycles. The van der Waals surface area contributed by atoms with Crippen molar-refractivity contribution in [3.8, 4) is 67.7 Å². The van der Waals surface area contributed by atoms with Gasteiger partial charge in [-0.25, -0.2) is 15.0 Å². The average molecular weight is 780 g/mol. The molecule has 2 heterocycles. The van der Waals surface area contributed by atoms with Gasteiger partial charge in [0.25, 0.3) is 0 Å². The van der Waals surface area contributed by atoms with Crippen LogP contribution in [0.4, 0.5) is 0 Å². The van der Waals surface area contributed by atoms with Crippen molar-refractivity contribution in [2.24, 2.45) is 0 Å². The van der Waals surface area contributed by atoms with Gasteiger partial charge in [0.15, 0.2) is 11.6 Å². The van der Waals surface area contributed by atoms with Gasteiger partial charge in [0.2, 0.25) is 0 Å². The standard InChI is InChI=1S/C42H27N4.Ir/c1-4-13-29(14-5-1)36-24-37(30-15-6-2-7-16-30)26-38(25-36)42-45-40(31-17-8-3-9-18-31)44-41(46-42)34-22-12-21-33(23-34)39-27-32-19-10-11-20-35(32)28-43-39;/h1-20,22-28H;/q-1;. The zero-order valence-corrected chi connectivity index (χ0v) is 27.6. The minimum atomic E-state index is 0. The van der Waals surface area contributed by atoms with Crippen LogP contribution in [0, 0.1) is 6.07 Å². The normalized spacial score (nSPS) is 10.8. The maximum absolute atomic E-state index is 5.10. The molecule has 0 saturated carbocycles. The van der Waals surface area contributed by atoms with Crippen LogP contribution < -0.4 is 0 Å². The molecule has 0 saturated heterocycles. The number of nitrogens with zero attached hydrogens (tertiary/aromatic N) is 4. The topological polar surface area (TPSA) is 51.6 Å². The van der Waals surface area contributed by atoms with Gasteiger partial charge in [0.05, 0.1) is 0 Å². The van der Waals surface area contributed by atoms with Crippen molar-refractivity contribution < 1.29 is 20.1 Å². The Bertz CT molecular complexity index is 2250. The van der Waals surface area contributed by atoms with Gasteiger partial charge < -0.3 is 4.98 Å². The summed E-state index contributed by atoms with van der Waals surface area (Å²) in [7, 11) is 0. The second kappa shape index (κ2) is 13.4. The number of hydrogen-bond acceptors (Lipinski definition) is 4. The Morgan fingerprint density at radius 1 is 0.383 bits per heavy atom. The van der Waals surface area contributed by atoms with Crippen molar-refractivity contribution in [2.45, 2.75) is 0 Å². The molecular weight excluding hydrogens is 753 g/mol. The van der Waals surface area contributed by atoms with Crippen LogP contribution in [0.25, 0.3) is 78.4 Å². The van der Waals surface area contributed by atoms with Gasteiger partial charge in [-0.3, -0.25) is 0 Å². The minimum absolute atomic E-state index is 0. The third kappa shape index (κ3) is 6.41. The molecule has 0 bridgehead atoms. The van der Waals surface area contributed by atoms with Gasteiger partial charge >= 0.3 is 0 Å². The van der Waals surface area contributed by atoms with Gasteiger partial charge in [0.1, 0.15) is 5.82 Å². The zero-order valence-electron chi connectivity index (χ0n) is 25.2. The molecule has 0 amide bonds. The van der Waals surface area contributed by atoms with Crippen LogP contribution in [0.2, 0.25) is 0 Å². The summed E-state index contributed by atoms with van der Waals surface area (Å²) < 4.78 is 0. The van der Waals surface area contributed by atoms with Crippen LogP contribution in [0.3, 0.4) is 0 Å². The molecule has 1 radical (unpaired) electrons. The largest absolute Gasteiger partial charge is 0.304 e. The fourth-order valence-corrected chi connectivity index (χ4v) is 5.69. The summed E-state index contributed by atoms with van der Waals surface area (Å²) >= 11 is 0. The summed E-state index contributed by atoms with van der Waals surface area (Å²) in [6.07, 6.45) is 1.91. The third-order valence-corrected chi connectivity index (χ3v) is 8.04. The van der Waals surface area contributed by atoms with E-state index in [1.54, 1.807) is 0 Å². The Morgan fingerprint density at radius 2 is 0.872 bits per heavy atom. The van der Waals surface area contributed by atoms with Crippen molar-refractivity contribution in [1.29, 1.82) is 0 Å². The molecule has 8 aromatic rings. The van der Waals surface area contributed by atoms with Crippen LogP contribution in [0.5, 0.6) is 0 Å². The van der Waals surface area contributed by atoms with E-state index in [-0.39, 0.29) is 20.1 Å². The van der Waals surface area contributed by atoms with E-state index in [0.29, 0.717) is 17.5 Å². The van der Waals surface area contributed by atoms with Gasteiger partial charge in [-0.2, -0.15) is 0 Å². The SMILES string of the molecule is [Ir].[c-]1ccc(-c2nc(-c3ccccc3)nc(-c3cc(-c4ccccc4)cc(-c4ccccc4)c3)n2)cc1-c1cc2ccccc2cn1. The Labute approximate surface area is 287 Å². The molecule has 0 N–H and O–H groups in total. The maximum Gasteiger partial charge on any atom is 0.164 e. The molecule has 47 heavy (non-hydrogen) atoms. The fourth-order valence-electron chi connectivity index (χ4n) is 5.69. The molecule has 225 valence electrons. The molecule has 0 atom stereocenters. The first-order chi connectivity index (χ1) is 22.8. The van der Waals surface area contributed by atoms with Gasteiger partial charge in [-0.05, 0) is 56.9 Å². The summed E-state index contributed by atoms with van der Waals surface area (Å²) in [4.78, 5) is 19.9. The van der Waals surface area contributed by atoms with Crippen LogP contribution >= 0.6 is 0 Å². The quantitative estimate of drug-likeness (QED) is 0.158. The molecule has 0 spiro atoms. The molecule has 0 fully saturated rings. The number of hydrogen-bond donors (Lipinski definition) is 0. The summed E-state index contributed by atoms with van der Waals surface area (Å²) in [6, 6.07) is 57.1. The summed E-state index contributed by atoms with van der Waals surface area (Å²) in [5, 5.41) is 2.23. The van der Waals surface area contributed by atoms with E-state index in [1.807, 2.05) is 72.9 Å². The van der Waals surface area contributed by atoms with E-state index in [4.69, 9.17) is 19.9 Å². The van der Waals surface area contributed by atoms with E-state index in [9.17, 15) is 0 Å². The van der Waals surface area contributed by atoms with Crippen LogP contribution in [-0.4, -0.2) is 19.9 Å². The number of aromatic nitrogens is 4. The monoisotopic (exact) mass is 780 g/mol. The molecule has 4 nitrogen and oxygen atoms in total. The summed E-state index contributed by atoms with van der Waals surface area (Å²) in [5.74, 6) is 1.81. The first-order valence-electron chi connectivity index (χ1n) is 15.2. The van der Waals surface area contributed by atoms with E-state index in [1.165, 1.54) is 0 Å². The molecule has 2 aromatic heterocycles. The predicted octanol–water partition coefficient (Wildman–Crippen LogP) is 10.2. The Balaban J connectivity index is 0.00000351. The van der Waals surface area contributed by atoms with Crippen LogP contribution in [0.15, 0.2) is 164 Å². The number of fused-ring (bicyclic) bond motifs is 1. The van der Waals surface area contributed by atoms with Crippen molar-refractivity contribution >= 4 is 10.8 Å². The molecule has 0 aliphatic heterocycles. The predicted molar refractivity (Wildman–Crippen MR) is 187 cm³/mol. The Hall–Kier alpha value is -5.61. The molecule has 5 heteroatoms. The number of benzene rings is 6. The molecular formula is C42H27IrN4-. The first-order valence-corrected chi connectivity index (χ1v) is 15.2. The Morgan fingerprint density at radius 3 is 1.49 bits per heavy atom.